The van der Waals surface area contributed by atoms with Gasteiger partial charge in [0.1, 0.15) is 12.4 Å². The number of likely N-dealkylation sites (N-methyl/N-ethyl adjacent to an activating group) is 1. The van der Waals surface area contributed by atoms with Crippen molar-refractivity contribution in [3.05, 3.63) is 65.4 Å². The molecule has 0 spiro atoms. The van der Waals surface area contributed by atoms with Gasteiger partial charge in [-0.3, -0.25) is 9.88 Å². The van der Waals surface area contributed by atoms with Crippen LogP contribution >= 0.6 is 0 Å². The molecule has 0 fully saturated rings. The first-order chi connectivity index (χ1) is 15.7. The van der Waals surface area contributed by atoms with E-state index in [0.717, 1.165) is 37.1 Å². The Bertz CT molecular complexity index is 1080. The summed E-state index contributed by atoms with van der Waals surface area (Å²) in [5, 5.41) is 4.87. The molecule has 2 aromatic carbocycles. The van der Waals surface area contributed by atoms with Crippen LogP contribution in [0.4, 0.5) is 5.69 Å². The Morgan fingerprint density at radius 2 is 1.91 bits per heavy atom. The van der Waals surface area contributed by atoms with Crippen LogP contribution in [0, 0.1) is 12.3 Å². The molecule has 0 aliphatic heterocycles. The second-order valence-corrected chi connectivity index (χ2v) is 8.73. The highest BCUT2D eigenvalue weighted by Crippen LogP contribution is 2.33. The van der Waals surface area contributed by atoms with Crippen LogP contribution in [0.2, 0.25) is 0 Å². The molecule has 32 heavy (non-hydrogen) atoms. The number of hydrogen-bond acceptors (Lipinski definition) is 4. The number of rotatable bonds is 9. The summed E-state index contributed by atoms with van der Waals surface area (Å²) in [5.74, 6) is 3.61. The predicted octanol–water partition coefficient (Wildman–Crippen LogP) is 5.10. The number of ether oxygens (including phenoxy) is 1. The first-order valence-corrected chi connectivity index (χ1v) is 11.7. The molecule has 1 aromatic heterocycles. The number of nitrogens with zero attached hydrogens (tertiary/aromatic N) is 2. The van der Waals surface area contributed by atoms with E-state index in [-0.39, 0.29) is 0 Å². The van der Waals surface area contributed by atoms with Crippen LogP contribution in [0.3, 0.4) is 0 Å². The number of terminal acetylenes is 1. The number of aromatic nitrogens is 1. The Morgan fingerprint density at radius 3 is 2.72 bits per heavy atom. The second kappa shape index (κ2) is 10.5. The van der Waals surface area contributed by atoms with Crippen LogP contribution in [0.1, 0.15) is 36.6 Å². The number of hydrogen-bond donors (Lipinski definition) is 1. The molecule has 0 radical (unpaired) electrons. The topological polar surface area (TPSA) is 37.4 Å². The quantitative estimate of drug-likeness (QED) is 0.381. The Kier molecular flexibility index (Phi) is 7.29. The van der Waals surface area contributed by atoms with Gasteiger partial charge in [0.05, 0.1) is 12.1 Å². The van der Waals surface area contributed by atoms with Gasteiger partial charge in [0.25, 0.3) is 0 Å². The highest BCUT2D eigenvalue weighted by atomic mass is 16.5. The Balaban J connectivity index is 1.34. The molecule has 4 nitrogen and oxygen atoms in total. The maximum atomic E-state index is 6.01. The maximum absolute atomic E-state index is 6.01. The van der Waals surface area contributed by atoms with E-state index in [4.69, 9.17) is 16.1 Å². The highest BCUT2D eigenvalue weighted by molar-refractivity contribution is 5.93. The number of aryl methyl sites for hydroxylation is 1. The number of anilines is 1. The third-order valence-corrected chi connectivity index (χ3v) is 6.39. The van der Waals surface area contributed by atoms with Gasteiger partial charge in [-0.25, -0.2) is 0 Å². The van der Waals surface area contributed by atoms with Crippen molar-refractivity contribution < 1.29 is 4.74 Å². The van der Waals surface area contributed by atoms with E-state index in [0.29, 0.717) is 19.2 Å². The molecule has 0 bridgehead atoms. The van der Waals surface area contributed by atoms with Crippen molar-refractivity contribution in [2.45, 2.75) is 45.1 Å². The van der Waals surface area contributed by atoms with Crippen molar-refractivity contribution >= 4 is 16.6 Å². The minimum atomic E-state index is 0.406. The Morgan fingerprint density at radius 1 is 1.12 bits per heavy atom. The van der Waals surface area contributed by atoms with Gasteiger partial charge < -0.3 is 10.1 Å². The molecular weight excluding hydrogens is 394 g/mol. The normalized spacial score (nSPS) is 14.1. The van der Waals surface area contributed by atoms with Crippen molar-refractivity contribution in [1.82, 2.24) is 9.88 Å². The molecule has 0 amide bonds. The van der Waals surface area contributed by atoms with Gasteiger partial charge in [-0.15, -0.1) is 6.42 Å². The molecular formula is C28H33N3O. The molecule has 0 saturated carbocycles. The Labute approximate surface area is 192 Å². The van der Waals surface area contributed by atoms with E-state index in [2.05, 4.69) is 78.6 Å². The average molecular weight is 428 g/mol. The zero-order valence-electron chi connectivity index (χ0n) is 19.2. The second-order valence-electron chi connectivity index (χ2n) is 8.73. The maximum Gasteiger partial charge on any atom is 0.119 e. The van der Waals surface area contributed by atoms with Gasteiger partial charge in [-0.2, -0.15) is 0 Å². The minimum Gasteiger partial charge on any atom is -0.492 e. The van der Waals surface area contributed by atoms with E-state index in [1.165, 1.54) is 40.7 Å². The largest absolute Gasteiger partial charge is 0.492 e. The molecule has 1 aliphatic rings. The van der Waals surface area contributed by atoms with Gasteiger partial charge in [0.2, 0.25) is 0 Å². The van der Waals surface area contributed by atoms with Gasteiger partial charge >= 0.3 is 0 Å². The molecule has 4 rings (SSSR count). The average Bonchev–Trinajstić information content (AvgIpc) is 2.82. The van der Waals surface area contributed by atoms with E-state index in [9.17, 15) is 0 Å². The third-order valence-electron chi connectivity index (χ3n) is 6.39. The molecule has 0 unspecified atom stereocenters. The number of benzene rings is 2. The van der Waals surface area contributed by atoms with E-state index in [1.807, 2.05) is 0 Å². The summed E-state index contributed by atoms with van der Waals surface area (Å²) in [6.45, 7) is 4.25. The van der Waals surface area contributed by atoms with E-state index >= 15 is 0 Å². The zero-order chi connectivity index (χ0) is 22.3. The highest BCUT2D eigenvalue weighted by Gasteiger charge is 2.17. The van der Waals surface area contributed by atoms with Crippen LogP contribution in [0.15, 0.2) is 48.5 Å². The molecule has 4 heteroatoms. The lowest BCUT2D eigenvalue weighted by Gasteiger charge is -2.22. The van der Waals surface area contributed by atoms with Crippen LogP contribution in [-0.2, 0) is 19.3 Å². The van der Waals surface area contributed by atoms with Gasteiger partial charge in [-0.05, 0) is 75.4 Å². The number of nitrogens with one attached hydrogen (secondary N) is 1. The lowest BCUT2D eigenvalue weighted by Crippen LogP contribution is -2.31. The SMILES string of the molecule is C#CCN(C)[C@H](C)Cc1ccc(OCCNc2c3c(nc4ccccc24)CCCC3)cc1. The summed E-state index contributed by atoms with van der Waals surface area (Å²) in [6.07, 6.45) is 11.0. The summed E-state index contributed by atoms with van der Waals surface area (Å²) >= 11 is 0. The molecule has 1 N–H and O–H groups in total. The van der Waals surface area contributed by atoms with Crippen LogP contribution in [0.5, 0.6) is 5.75 Å². The molecule has 166 valence electrons. The first kappa shape index (κ1) is 22.2. The zero-order valence-corrected chi connectivity index (χ0v) is 19.2. The standard InChI is InChI=1S/C28H33N3O/c1-4-18-31(3)21(2)20-22-13-15-23(16-14-22)32-19-17-29-28-24-9-5-7-11-26(24)30-27-12-8-6-10-25(27)28/h1,5,7,9,11,13-16,21H,6,8,10,12,17-20H2,2-3H3,(H,29,30)/t21-/m1/s1. The number of fused-ring (bicyclic) bond motifs is 2. The van der Waals surface area contributed by atoms with E-state index in [1.54, 1.807) is 0 Å². The van der Waals surface area contributed by atoms with Gasteiger partial charge in [-0.1, -0.05) is 36.3 Å². The van der Waals surface area contributed by atoms with Crippen molar-refractivity contribution in [2.24, 2.45) is 0 Å². The third kappa shape index (κ3) is 5.23. The Hall–Kier alpha value is -3.03. The van der Waals surface area contributed by atoms with Gasteiger partial charge in [0, 0.05) is 29.4 Å². The lowest BCUT2D eigenvalue weighted by atomic mass is 9.92. The van der Waals surface area contributed by atoms with Crippen molar-refractivity contribution in [3.8, 4) is 18.1 Å². The summed E-state index contributed by atoms with van der Waals surface area (Å²) in [6, 6.07) is 17.3. The molecule has 0 saturated heterocycles. The fourth-order valence-corrected chi connectivity index (χ4v) is 4.44. The summed E-state index contributed by atoms with van der Waals surface area (Å²) in [7, 11) is 2.07. The number of pyridine rings is 1. The lowest BCUT2D eigenvalue weighted by molar-refractivity contribution is 0.287. The van der Waals surface area contributed by atoms with E-state index < -0.39 is 0 Å². The summed E-state index contributed by atoms with van der Waals surface area (Å²) in [5.41, 5.74) is 6.27. The fraction of sp³-hybridized carbons (Fsp3) is 0.393. The summed E-state index contributed by atoms with van der Waals surface area (Å²) in [4.78, 5) is 7.11. The van der Waals surface area contributed by atoms with Crippen LogP contribution < -0.4 is 10.1 Å². The molecule has 1 aliphatic carbocycles. The molecule has 1 heterocycles. The fourth-order valence-electron chi connectivity index (χ4n) is 4.44. The minimum absolute atomic E-state index is 0.406. The summed E-state index contributed by atoms with van der Waals surface area (Å²) < 4.78 is 6.01. The van der Waals surface area contributed by atoms with Crippen molar-refractivity contribution in [3.63, 3.8) is 0 Å². The molecule has 1 atom stereocenters. The van der Waals surface area contributed by atoms with Crippen molar-refractivity contribution in [1.29, 1.82) is 0 Å². The van der Waals surface area contributed by atoms with Crippen molar-refractivity contribution in [2.75, 3.05) is 32.1 Å². The van der Waals surface area contributed by atoms with Crippen LogP contribution in [0.25, 0.3) is 10.9 Å². The monoisotopic (exact) mass is 427 g/mol. The van der Waals surface area contributed by atoms with Crippen LogP contribution in [-0.4, -0.2) is 42.7 Å². The molecule has 3 aromatic rings. The predicted molar refractivity (Wildman–Crippen MR) is 133 cm³/mol. The number of para-hydroxylation sites is 1. The first-order valence-electron chi connectivity index (χ1n) is 11.7. The van der Waals surface area contributed by atoms with Gasteiger partial charge in [0.15, 0.2) is 0 Å². The smallest absolute Gasteiger partial charge is 0.119 e.